The van der Waals surface area contributed by atoms with E-state index >= 15 is 0 Å². The van der Waals surface area contributed by atoms with Crippen molar-refractivity contribution in [2.45, 2.75) is 26.2 Å². The van der Waals surface area contributed by atoms with Crippen LogP contribution in [-0.2, 0) is 24.1 Å². The van der Waals surface area contributed by atoms with Gasteiger partial charge in [0.25, 0.3) is 0 Å². The number of hydrogen-bond acceptors (Lipinski definition) is 2. The number of benzene rings is 1. The molecule has 0 fully saturated rings. The van der Waals surface area contributed by atoms with E-state index in [0.29, 0.717) is 12.8 Å². The molecule has 2 rings (SSSR count). The van der Waals surface area contributed by atoms with Crippen molar-refractivity contribution in [2.75, 3.05) is 0 Å². The van der Waals surface area contributed by atoms with Crippen LogP contribution in [0.4, 0.5) is 0 Å². The second-order valence-electron chi connectivity index (χ2n) is 4.24. The second-order valence-corrected chi connectivity index (χ2v) is 6.41. The van der Waals surface area contributed by atoms with Crippen molar-refractivity contribution in [3.63, 3.8) is 0 Å². The Bertz CT molecular complexity index is 545. The fourth-order valence-corrected chi connectivity index (χ4v) is 3.27. The molecular formula is C15H15BrOS. The third kappa shape index (κ3) is 3.79. The lowest BCUT2D eigenvalue weighted by Crippen LogP contribution is -2.05. The molecule has 0 unspecified atom stereocenters. The molecule has 0 aliphatic rings. The second kappa shape index (κ2) is 6.30. The summed E-state index contributed by atoms with van der Waals surface area (Å²) in [5.41, 5.74) is 1.07. The van der Waals surface area contributed by atoms with Gasteiger partial charge in [-0.15, -0.1) is 11.3 Å². The Morgan fingerprint density at radius 2 is 1.94 bits per heavy atom. The highest BCUT2D eigenvalue weighted by atomic mass is 79.9. The van der Waals surface area contributed by atoms with E-state index in [1.54, 1.807) is 11.3 Å². The maximum atomic E-state index is 12.0. The summed E-state index contributed by atoms with van der Waals surface area (Å²) in [6.45, 7) is 2.14. The highest BCUT2D eigenvalue weighted by Gasteiger charge is 2.07. The van der Waals surface area contributed by atoms with Gasteiger partial charge in [0, 0.05) is 27.1 Å². The molecule has 0 atom stereocenters. The van der Waals surface area contributed by atoms with Gasteiger partial charge < -0.3 is 0 Å². The fraction of sp³-hybridized carbons (Fsp3) is 0.267. The van der Waals surface area contributed by atoms with Crippen LogP contribution in [0.3, 0.4) is 0 Å². The fourth-order valence-electron chi connectivity index (χ4n) is 1.84. The predicted octanol–water partition coefficient (Wildman–Crippen LogP) is 4.43. The molecule has 3 heteroatoms. The lowest BCUT2D eigenvalue weighted by atomic mass is 10.1. The van der Waals surface area contributed by atoms with E-state index in [2.05, 4.69) is 35.0 Å². The molecule has 0 saturated heterocycles. The minimum absolute atomic E-state index is 0.276. The summed E-state index contributed by atoms with van der Waals surface area (Å²) >= 11 is 5.17. The Balaban J connectivity index is 1.96. The van der Waals surface area contributed by atoms with Crippen LogP contribution in [0.5, 0.6) is 0 Å². The number of ketones is 1. The predicted molar refractivity (Wildman–Crippen MR) is 80.3 cm³/mol. The average molecular weight is 323 g/mol. The van der Waals surface area contributed by atoms with E-state index in [0.717, 1.165) is 16.5 Å². The zero-order chi connectivity index (χ0) is 13.0. The SMILES string of the molecule is CCc1ccc(CC(=O)Cc2cccc(Br)c2)s1. The maximum absolute atomic E-state index is 12.0. The Kier molecular flexibility index (Phi) is 4.72. The van der Waals surface area contributed by atoms with Crippen molar-refractivity contribution >= 4 is 33.0 Å². The third-order valence-electron chi connectivity index (χ3n) is 2.73. The number of hydrogen-bond donors (Lipinski definition) is 0. The smallest absolute Gasteiger partial charge is 0.142 e. The van der Waals surface area contributed by atoms with Gasteiger partial charge in [0.15, 0.2) is 0 Å². The molecule has 1 aromatic heterocycles. The molecule has 0 radical (unpaired) electrons. The quantitative estimate of drug-likeness (QED) is 0.796. The van der Waals surface area contributed by atoms with Gasteiger partial charge in [-0.05, 0) is 36.2 Å². The molecule has 1 nitrogen and oxygen atoms in total. The van der Waals surface area contributed by atoms with Gasteiger partial charge in [-0.25, -0.2) is 0 Å². The van der Waals surface area contributed by atoms with Crippen LogP contribution in [0.1, 0.15) is 22.2 Å². The van der Waals surface area contributed by atoms with E-state index in [4.69, 9.17) is 0 Å². The minimum Gasteiger partial charge on any atom is -0.299 e. The van der Waals surface area contributed by atoms with Crippen LogP contribution in [0.25, 0.3) is 0 Å². The van der Waals surface area contributed by atoms with Crippen molar-refractivity contribution in [1.29, 1.82) is 0 Å². The number of aryl methyl sites for hydroxylation is 1. The lowest BCUT2D eigenvalue weighted by Gasteiger charge is -2.01. The van der Waals surface area contributed by atoms with Gasteiger partial charge >= 0.3 is 0 Å². The van der Waals surface area contributed by atoms with E-state index in [1.165, 1.54) is 9.75 Å². The summed E-state index contributed by atoms with van der Waals surface area (Å²) in [4.78, 5) is 14.5. The molecule has 0 bridgehead atoms. The molecule has 18 heavy (non-hydrogen) atoms. The van der Waals surface area contributed by atoms with Gasteiger partial charge in [-0.3, -0.25) is 4.79 Å². The van der Waals surface area contributed by atoms with Crippen LogP contribution >= 0.6 is 27.3 Å². The molecular weight excluding hydrogens is 308 g/mol. The Labute approximate surface area is 120 Å². The zero-order valence-electron chi connectivity index (χ0n) is 10.3. The number of rotatable bonds is 5. The minimum atomic E-state index is 0.276. The summed E-state index contributed by atoms with van der Waals surface area (Å²) in [6, 6.07) is 12.1. The standard InChI is InChI=1S/C15H15BrOS/c1-2-14-6-7-15(18-14)10-13(17)9-11-4-3-5-12(16)8-11/h3-8H,2,9-10H2,1H3. The Hall–Kier alpha value is -0.930. The van der Waals surface area contributed by atoms with Gasteiger partial charge in [-0.1, -0.05) is 35.0 Å². The Morgan fingerprint density at radius 1 is 1.17 bits per heavy atom. The van der Waals surface area contributed by atoms with Crippen molar-refractivity contribution in [3.8, 4) is 0 Å². The molecule has 94 valence electrons. The number of halogens is 1. The van der Waals surface area contributed by atoms with Crippen molar-refractivity contribution in [2.24, 2.45) is 0 Å². The van der Waals surface area contributed by atoms with Crippen molar-refractivity contribution in [1.82, 2.24) is 0 Å². The van der Waals surface area contributed by atoms with Crippen LogP contribution < -0.4 is 0 Å². The summed E-state index contributed by atoms with van der Waals surface area (Å²) in [6.07, 6.45) is 2.11. The van der Waals surface area contributed by atoms with E-state index < -0.39 is 0 Å². The molecule has 0 amide bonds. The molecule has 0 saturated carbocycles. The largest absolute Gasteiger partial charge is 0.299 e. The zero-order valence-corrected chi connectivity index (χ0v) is 12.7. The highest BCUT2D eigenvalue weighted by Crippen LogP contribution is 2.19. The van der Waals surface area contributed by atoms with Gasteiger partial charge in [0.1, 0.15) is 5.78 Å². The molecule has 0 aliphatic heterocycles. The topological polar surface area (TPSA) is 17.1 Å². The normalized spacial score (nSPS) is 10.6. The van der Waals surface area contributed by atoms with E-state index in [9.17, 15) is 4.79 Å². The lowest BCUT2D eigenvalue weighted by molar-refractivity contribution is -0.117. The molecule has 0 N–H and O–H groups in total. The number of carbonyl (C=O) groups excluding carboxylic acids is 1. The van der Waals surface area contributed by atoms with Gasteiger partial charge in [-0.2, -0.15) is 0 Å². The first-order valence-corrected chi connectivity index (χ1v) is 7.62. The summed E-state index contributed by atoms with van der Waals surface area (Å²) in [5.74, 6) is 0.276. The molecule has 0 spiro atoms. The van der Waals surface area contributed by atoms with Gasteiger partial charge in [0.05, 0.1) is 0 Å². The monoisotopic (exact) mass is 322 g/mol. The van der Waals surface area contributed by atoms with Crippen LogP contribution in [-0.4, -0.2) is 5.78 Å². The molecule has 2 aromatic rings. The summed E-state index contributed by atoms with van der Waals surface area (Å²) < 4.78 is 1.03. The summed E-state index contributed by atoms with van der Waals surface area (Å²) in [5, 5.41) is 0. The number of Topliss-reactive ketones (excluding diaryl/α,β-unsaturated/α-hetero) is 1. The van der Waals surface area contributed by atoms with Crippen LogP contribution in [0.2, 0.25) is 0 Å². The van der Waals surface area contributed by atoms with Crippen LogP contribution in [0, 0.1) is 0 Å². The first kappa shape index (κ1) is 13.5. The van der Waals surface area contributed by atoms with E-state index in [-0.39, 0.29) is 5.78 Å². The van der Waals surface area contributed by atoms with Crippen LogP contribution in [0.15, 0.2) is 40.9 Å². The summed E-state index contributed by atoms with van der Waals surface area (Å²) in [7, 11) is 0. The molecule has 0 aliphatic carbocycles. The first-order valence-electron chi connectivity index (χ1n) is 6.01. The average Bonchev–Trinajstić information content (AvgIpc) is 2.76. The van der Waals surface area contributed by atoms with E-state index in [1.807, 2.05) is 24.3 Å². The number of carbonyl (C=O) groups is 1. The molecule has 1 aromatic carbocycles. The first-order chi connectivity index (χ1) is 8.67. The highest BCUT2D eigenvalue weighted by molar-refractivity contribution is 9.10. The third-order valence-corrected chi connectivity index (χ3v) is 4.45. The molecule has 1 heterocycles. The maximum Gasteiger partial charge on any atom is 0.142 e. The van der Waals surface area contributed by atoms with Crippen molar-refractivity contribution < 1.29 is 4.79 Å². The Morgan fingerprint density at radius 3 is 2.61 bits per heavy atom. The van der Waals surface area contributed by atoms with Crippen molar-refractivity contribution in [3.05, 3.63) is 56.2 Å². The number of thiophene rings is 1. The van der Waals surface area contributed by atoms with Gasteiger partial charge in [0.2, 0.25) is 0 Å².